The highest BCUT2D eigenvalue weighted by atomic mass is 16.2. The van der Waals surface area contributed by atoms with Gasteiger partial charge in [0, 0.05) is 103 Å². The zero-order chi connectivity index (χ0) is 67.9. The smallest absolute Gasteiger partial charge is 0.243 e. The van der Waals surface area contributed by atoms with Crippen LogP contribution in [-0.2, 0) is 57.6 Å². The molecule has 6 rings (SSSR count). The first kappa shape index (κ1) is 72.9. The van der Waals surface area contributed by atoms with Gasteiger partial charge in [-0.25, -0.2) is 0 Å². The van der Waals surface area contributed by atoms with E-state index in [0.717, 1.165) is 64.8 Å². The molecule has 3 heterocycles. The zero-order valence-electron chi connectivity index (χ0n) is 53.5. The Morgan fingerprint density at radius 3 is 1.16 bits per heavy atom. The maximum Gasteiger partial charge on any atom is 0.243 e. The van der Waals surface area contributed by atoms with E-state index in [0.29, 0.717) is 48.9 Å². The molecule has 0 saturated heterocycles. The summed E-state index contributed by atoms with van der Waals surface area (Å²) in [6.07, 6.45) is 12.1. The number of hydrogen-bond donors (Lipinski definition) is 18. The van der Waals surface area contributed by atoms with Crippen molar-refractivity contribution in [3.8, 4) is 0 Å². The molecule has 0 unspecified atom stereocenters. The van der Waals surface area contributed by atoms with E-state index in [4.69, 9.17) is 45.9 Å². The molecule has 8 amide bonds. The third-order valence-electron chi connectivity index (χ3n) is 16.1. The first-order valence-corrected chi connectivity index (χ1v) is 32.2. The van der Waals surface area contributed by atoms with Crippen LogP contribution >= 0.6 is 0 Å². The van der Waals surface area contributed by atoms with E-state index in [9.17, 15) is 24.0 Å². The van der Waals surface area contributed by atoms with Gasteiger partial charge in [0.05, 0.1) is 6.04 Å². The van der Waals surface area contributed by atoms with Crippen molar-refractivity contribution in [1.29, 1.82) is 0 Å². The van der Waals surface area contributed by atoms with Gasteiger partial charge >= 0.3 is 0 Å². The Balaban J connectivity index is 1.28. The van der Waals surface area contributed by atoms with Crippen molar-refractivity contribution in [2.45, 2.75) is 165 Å². The molecule has 0 aliphatic rings. The lowest BCUT2D eigenvalue weighted by molar-refractivity contribution is -0.135. The second-order valence-electron chi connectivity index (χ2n) is 23.4. The van der Waals surface area contributed by atoms with Crippen LogP contribution in [0.25, 0.3) is 32.7 Å². The molecule has 3 aromatic heterocycles. The van der Waals surface area contributed by atoms with Crippen molar-refractivity contribution in [2.24, 2.45) is 60.8 Å². The molecule has 29 nitrogen and oxygen atoms in total. The number of fused-ring (bicyclic) bond motifs is 3. The number of carbonyl (C=O) groups excluding carboxylic acids is 8. The summed E-state index contributed by atoms with van der Waals surface area (Å²) in [5.41, 5.74) is 50.1. The van der Waals surface area contributed by atoms with Gasteiger partial charge in [0.2, 0.25) is 47.3 Å². The fourth-order valence-electron chi connectivity index (χ4n) is 11.0. The average Bonchev–Trinajstić information content (AvgIpc) is 1.67. The highest BCUT2D eigenvalue weighted by Crippen LogP contribution is 2.23. The minimum atomic E-state index is -1.46. The van der Waals surface area contributed by atoms with Crippen molar-refractivity contribution in [2.75, 3.05) is 26.2 Å². The van der Waals surface area contributed by atoms with Crippen molar-refractivity contribution in [1.82, 2.24) is 52.2 Å². The van der Waals surface area contributed by atoms with Gasteiger partial charge in [-0.2, -0.15) is 0 Å². The van der Waals surface area contributed by atoms with E-state index in [-0.39, 0.29) is 101 Å². The summed E-state index contributed by atoms with van der Waals surface area (Å²) < 4.78 is 0. The minimum Gasteiger partial charge on any atom is -0.370 e. The number of benzene rings is 3. The molecule has 26 N–H and O–H groups in total. The molecule has 29 heteroatoms. The number of nitrogens with zero attached hydrogens (tertiary/aromatic N) is 3. The number of H-pyrrole nitrogens is 3. The molecular formula is C65H95N21O8. The van der Waals surface area contributed by atoms with Gasteiger partial charge in [0.1, 0.15) is 36.3 Å². The SMILES string of the molecule is CCCCCCCC(=O)NCCCC[C@H](NC(=O)[C@H](Cc1c[nH]c2ccccc12)NC(=O)[C@@H](CCCN=C(N)N)NC(=O)[C@@H](Cc1c[nH]c2ccccc12)NC(=O)[C@H](CCCN=C(N)N)NC(=O)[C@H](Cc1c[nH]c2ccccc12)NC(=O)[C@H](N)CCCN=C(N)N)C(N)=O. The molecular weight excluding hydrogens is 1200 g/mol. The average molecular weight is 1300 g/mol. The molecule has 0 aliphatic carbocycles. The maximum atomic E-state index is 15.2. The van der Waals surface area contributed by atoms with E-state index >= 15 is 14.4 Å². The number of rotatable bonds is 42. The Labute approximate surface area is 546 Å². The second kappa shape index (κ2) is 38.0. The van der Waals surface area contributed by atoms with Crippen molar-refractivity contribution in [3.63, 3.8) is 0 Å². The summed E-state index contributed by atoms with van der Waals surface area (Å²) in [4.78, 5) is 136. The Morgan fingerprint density at radius 2 is 0.755 bits per heavy atom. The number of aliphatic imine (C=N–C) groups is 3. The van der Waals surface area contributed by atoms with Crippen LogP contribution in [0, 0.1) is 0 Å². The first-order valence-electron chi connectivity index (χ1n) is 32.2. The molecule has 0 aliphatic heterocycles. The van der Waals surface area contributed by atoms with Crippen LogP contribution in [0.15, 0.2) is 106 Å². The predicted molar refractivity (Wildman–Crippen MR) is 365 cm³/mol. The number of hydrogen-bond acceptors (Lipinski definition) is 12. The molecule has 94 heavy (non-hydrogen) atoms. The highest BCUT2D eigenvalue weighted by Gasteiger charge is 2.35. The number of guanidine groups is 3. The lowest BCUT2D eigenvalue weighted by Gasteiger charge is -2.28. The topological polar surface area (TPSA) is 513 Å². The zero-order valence-corrected chi connectivity index (χ0v) is 53.5. The van der Waals surface area contributed by atoms with Gasteiger partial charge < -0.3 is 98.0 Å². The van der Waals surface area contributed by atoms with Crippen LogP contribution in [-0.4, -0.2) is 149 Å². The Kier molecular flexibility index (Phi) is 29.4. The van der Waals surface area contributed by atoms with Crippen LogP contribution < -0.4 is 83.1 Å². The van der Waals surface area contributed by atoms with Crippen LogP contribution in [0.1, 0.15) is 120 Å². The van der Waals surface area contributed by atoms with E-state index < -0.39 is 83.6 Å². The number of primary amides is 1. The summed E-state index contributed by atoms with van der Waals surface area (Å²) in [7, 11) is 0. The number of carbonyl (C=O) groups is 8. The molecule has 0 saturated carbocycles. The molecule has 0 fully saturated rings. The van der Waals surface area contributed by atoms with Crippen molar-refractivity contribution >= 4 is 97.8 Å². The molecule has 0 spiro atoms. The molecule has 0 radical (unpaired) electrons. The van der Waals surface area contributed by atoms with E-state index in [2.05, 4.69) is 74.1 Å². The van der Waals surface area contributed by atoms with Gasteiger partial charge in [-0.15, -0.1) is 0 Å². The molecule has 3 aromatic carbocycles. The van der Waals surface area contributed by atoms with Crippen LogP contribution in [0.3, 0.4) is 0 Å². The van der Waals surface area contributed by atoms with Crippen LogP contribution in [0.4, 0.5) is 0 Å². The maximum absolute atomic E-state index is 15.2. The number of amides is 8. The molecule has 7 atom stereocenters. The van der Waals surface area contributed by atoms with Crippen LogP contribution in [0.5, 0.6) is 0 Å². The lowest BCUT2D eigenvalue weighted by Crippen LogP contribution is -2.60. The number of aromatic amines is 3. The fourth-order valence-corrected chi connectivity index (χ4v) is 11.0. The Hall–Kier alpha value is -10.2. The normalized spacial score (nSPS) is 13.4. The van der Waals surface area contributed by atoms with Gasteiger partial charge in [-0.05, 0) is 99.1 Å². The van der Waals surface area contributed by atoms with Crippen molar-refractivity contribution in [3.05, 3.63) is 108 Å². The molecule has 6 aromatic rings. The lowest BCUT2D eigenvalue weighted by atomic mass is 10.0. The number of unbranched alkanes of at least 4 members (excludes halogenated alkanes) is 5. The molecule has 0 bridgehead atoms. The summed E-state index contributed by atoms with van der Waals surface area (Å²) in [5, 5.41) is 22.1. The van der Waals surface area contributed by atoms with Gasteiger partial charge in [-0.3, -0.25) is 53.3 Å². The summed E-state index contributed by atoms with van der Waals surface area (Å²) >= 11 is 0. The Morgan fingerprint density at radius 1 is 0.404 bits per heavy atom. The largest absolute Gasteiger partial charge is 0.370 e. The number of nitrogens with two attached hydrogens (primary N) is 8. The van der Waals surface area contributed by atoms with Gasteiger partial charge in [0.25, 0.3) is 0 Å². The Bertz CT molecular complexity index is 3560. The first-order chi connectivity index (χ1) is 45.2. The number of para-hydroxylation sites is 3. The predicted octanol–water partition coefficient (Wildman–Crippen LogP) is 0.688. The number of nitrogens with one attached hydrogen (secondary N) is 10. The van der Waals surface area contributed by atoms with E-state index in [1.165, 1.54) is 0 Å². The van der Waals surface area contributed by atoms with E-state index in [1.807, 2.05) is 72.8 Å². The van der Waals surface area contributed by atoms with Gasteiger partial charge in [0.15, 0.2) is 17.9 Å². The standard InChI is InChI=1S/C65H95N21O8/c1-2-3-4-5-6-28-55(87)74-29-14-13-25-49(56(67)88)81-60(92)53(34-40-37-79-47-23-11-8-19-43(40)47)85-58(90)51(27-17-32-77-65(72)73)83-62(94)54(35-41-38-80-48-24-12-9-20-44(41)48)86-59(91)50(26-16-31-76-64(70)71)82-61(93)52(33-39-36-78-46-22-10-7-18-42(39)46)84-57(89)45(66)21-15-30-75-63(68)69/h7-12,18-20,22-24,36-38,45,49-54,78-80H,2-6,13-17,21,25-35,66H2,1H3,(H2,67,88)(H,74,87)(H,81,92)(H,82,93)(H,83,94)(H,84,89)(H,85,90)(H,86,91)(H4,68,69,75)(H4,70,71,76)(H4,72,73,77)/t45-,49+,50+,51-,52+,53+,54-/m1/s1. The minimum absolute atomic E-state index is 0.0358. The second-order valence-corrected chi connectivity index (χ2v) is 23.4. The summed E-state index contributed by atoms with van der Waals surface area (Å²) in [5.74, 6) is -6.03. The highest BCUT2D eigenvalue weighted by molar-refractivity contribution is 5.99. The van der Waals surface area contributed by atoms with Crippen molar-refractivity contribution < 1.29 is 38.4 Å². The third-order valence-corrected chi connectivity index (χ3v) is 16.1. The summed E-state index contributed by atoms with van der Waals surface area (Å²) in [6, 6.07) is 12.9. The monoisotopic (exact) mass is 1300 g/mol. The number of aromatic nitrogens is 3. The van der Waals surface area contributed by atoms with Gasteiger partial charge in [-0.1, -0.05) is 87.2 Å². The van der Waals surface area contributed by atoms with E-state index in [1.54, 1.807) is 18.6 Å². The van der Waals surface area contributed by atoms with Crippen LogP contribution in [0.2, 0.25) is 0 Å². The third kappa shape index (κ3) is 23.8. The molecule has 508 valence electrons. The fraction of sp³-hybridized carbons (Fsp3) is 0.462. The summed E-state index contributed by atoms with van der Waals surface area (Å²) in [6.45, 7) is 2.79. The quantitative estimate of drug-likeness (QED) is 0.0142.